The first kappa shape index (κ1) is 20.5. The molecule has 4 nitrogen and oxygen atoms in total. The van der Waals surface area contributed by atoms with Gasteiger partial charge in [-0.2, -0.15) is 0 Å². The molecule has 4 rings (SSSR count). The highest BCUT2D eigenvalue weighted by Gasteiger charge is 2.13. The molecule has 0 N–H and O–H groups in total. The summed E-state index contributed by atoms with van der Waals surface area (Å²) < 4.78 is 19.2. The van der Waals surface area contributed by atoms with Gasteiger partial charge in [0.15, 0.2) is 0 Å². The van der Waals surface area contributed by atoms with E-state index in [4.69, 9.17) is 4.74 Å². The molecule has 5 heteroatoms. The zero-order chi connectivity index (χ0) is 22.0. The van der Waals surface area contributed by atoms with Gasteiger partial charge in [-0.25, -0.2) is 4.39 Å². The molecule has 0 spiro atoms. The Kier molecular flexibility index (Phi) is 5.67. The van der Waals surface area contributed by atoms with Crippen molar-refractivity contribution in [3.8, 4) is 11.5 Å². The van der Waals surface area contributed by atoms with Crippen molar-refractivity contribution in [3.05, 3.63) is 95.4 Å². The zero-order valence-corrected chi connectivity index (χ0v) is 17.7. The summed E-state index contributed by atoms with van der Waals surface area (Å²) in [6, 6.07) is 19.3. The van der Waals surface area contributed by atoms with Crippen LogP contribution in [0.25, 0.3) is 10.9 Å². The lowest BCUT2D eigenvalue weighted by Gasteiger charge is -2.18. The summed E-state index contributed by atoms with van der Waals surface area (Å²) in [6.45, 7) is 4.13. The van der Waals surface area contributed by atoms with Crippen molar-refractivity contribution in [1.82, 2.24) is 4.98 Å². The number of carbonyl (C=O) groups excluding carboxylic acids is 1. The predicted molar refractivity (Wildman–Crippen MR) is 121 cm³/mol. The van der Waals surface area contributed by atoms with E-state index in [1.54, 1.807) is 30.3 Å². The average Bonchev–Trinajstić information content (AvgIpc) is 2.77. The summed E-state index contributed by atoms with van der Waals surface area (Å²) >= 11 is 0. The molecular formula is C26H23FN2O2. The van der Waals surface area contributed by atoms with Gasteiger partial charge in [-0.3, -0.25) is 9.78 Å². The van der Waals surface area contributed by atoms with Crippen LogP contribution in [0.4, 0.5) is 10.1 Å². The minimum Gasteiger partial charge on any atom is -0.457 e. The number of hydrogen-bond acceptors (Lipinski definition) is 3. The van der Waals surface area contributed by atoms with E-state index >= 15 is 0 Å². The Morgan fingerprint density at radius 1 is 0.968 bits per heavy atom. The Morgan fingerprint density at radius 2 is 1.65 bits per heavy atom. The quantitative estimate of drug-likeness (QED) is 0.403. The number of likely N-dealkylation sites (N-methyl/N-ethyl adjacent to an activating group) is 1. The molecule has 0 atom stereocenters. The van der Waals surface area contributed by atoms with Crippen molar-refractivity contribution in [2.75, 3.05) is 11.9 Å². The average molecular weight is 414 g/mol. The Morgan fingerprint density at radius 3 is 2.35 bits per heavy atom. The fourth-order valence-corrected chi connectivity index (χ4v) is 3.37. The Hall–Kier alpha value is -3.73. The number of pyridine rings is 1. The highest BCUT2D eigenvalue weighted by atomic mass is 19.1. The van der Waals surface area contributed by atoms with Gasteiger partial charge in [0.2, 0.25) is 5.91 Å². The van der Waals surface area contributed by atoms with Gasteiger partial charge < -0.3 is 9.64 Å². The van der Waals surface area contributed by atoms with Crippen molar-refractivity contribution in [2.24, 2.45) is 0 Å². The molecule has 0 saturated carbocycles. The number of halogens is 1. The third-order valence-electron chi connectivity index (χ3n) is 5.41. The molecule has 0 unspecified atom stereocenters. The van der Waals surface area contributed by atoms with Gasteiger partial charge in [0.05, 0.1) is 11.9 Å². The minimum absolute atomic E-state index is 0.0775. The monoisotopic (exact) mass is 414 g/mol. The molecule has 0 bridgehead atoms. The van der Waals surface area contributed by atoms with Crippen LogP contribution in [0.15, 0.2) is 72.9 Å². The molecule has 0 aliphatic rings. The molecule has 1 heterocycles. The second-order valence-corrected chi connectivity index (χ2v) is 7.61. The van der Waals surface area contributed by atoms with Crippen LogP contribution in [0, 0.1) is 19.7 Å². The van der Waals surface area contributed by atoms with Gasteiger partial charge in [-0.15, -0.1) is 0 Å². The molecule has 1 amide bonds. The maximum absolute atomic E-state index is 13.1. The molecule has 0 radical (unpaired) electrons. The first-order chi connectivity index (χ1) is 14.9. The number of benzene rings is 3. The van der Waals surface area contributed by atoms with Crippen LogP contribution in [0.1, 0.15) is 16.7 Å². The van der Waals surface area contributed by atoms with E-state index in [1.165, 1.54) is 23.3 Å². The van der Waals surface area contributed by atoms with Crippen molar-refractivity contribution in [2.45, 2.75) is 20.3 Å². The van der Waals surface area contributed by atoms with E-state index in [-0.39, 0.29) is 18.1 Å². The van der Waals surface area contributed by atoms with Gasteiger partial charge in [0.1, 0.15) is 17.3 Å². The van der Waals surface area contributed by atoms with Crippen LogP contribution >= 0.6 is 0 Å². The van der Waals surface area contributed by atoms with Crippen LogP contribution in [-0.4, -0.2) is 17.9 Å². The van der Waals surface area contributed by atoms with E-state index in [1.807, 2.05) is 30.3 Å². The van der Waals surface area contributed by atoms with E-state index in [2.05, 4.69) is 31.0 Å². The Balaban J connectivity index is 1.49. The molecule has 0 aliphatic carbocycles. The Labute approximate surface area is 180 Å². The molecule has 0 saturated heterocycles. The van der Waals surface area contributed by atoms with Crippen LogP contribution in [-0.2, 0) is 11.2 Å². The number of nitrogens with zero attached hydrogens (tertiary/aromatic N) is 2. The second-order valence-electron chi connectivity index (χ2n) is 7.61. The lowest BCUT2D eigenvalue weighted by molar-refractivity contribution is -0.117. The second kappa shape index (κ2) is 8.56. The maximum atomic E-state index is 13.1. The van der Waals surface area contributed by atoms with E-state index in [0.29, 0.717) is 5.75 Å². The van der Waals surface area contributed by atoms with Crippen molar-refractivity contribution in [1.29, 1.82) is 0 Å². The third kappa shape index (κ3) is 4.56. The van der Waals surface area contributed by atoms with E-state index < -0.39 is 0 Å². The SMILES string of the molecule is Cc1cc2nccc(Oc3ccc(N(C)C(=O)Cc4ccc(F)cc4)cc3)c2cc1C. The van der Waals surface area contributed by atoms with Gasteiger partial charge in [-0.1, -0.05) is 12.1 Å². The van der Waals surface area contributed by atoms with Crippen molar-refractivity contribution >= 4 is 22.5 Å². The van der Waals surface area contributed by atoms with Crippen LogP contribution in [0.5, 0.6) is 11.5 Å². The Bertz CT molecular complexity index is 1230. The minimum atomic E-state index is -0.313. The van der Waals surface area contributed by atoms with Gasteiger partial charge in [-0.05, 0) is 85.1 Å². The standard InChI is InChI=1S/C26H23FN2O2/c1-17-14-23-24(15-18(17)2)28-13-12-25(23)31-22-10-8-21(9-11-22)29(3)26(30)16-19-4-6-20(27)7-5-19/h4-15H,16H2,1-3H3. The van der Waals surface area contributed by atoms with Crippen LogP contribution in [0.2, 0.25) is 0 Å². The first-order valence-corrected chi connectivity index (χ1v) is 10.1. The number of anilines is 1. The normalized spacial score (nSPS) is 10.8. The van der Waals surface area contributed by atoms with E-state index in [0.717, 1.165) is 27.9 Å². The maximum Gasteiger partial charge on any atom is 0.231 e. The number of hydrogen-bond donors (Lipinski definition) is 0. The number of fused-ring (bicyclic) bond motifs is 1. The topological polar surface area (TPSA) is 42.4 Å². The number of amides is 1. The largest absolute Gasteiger partial charge is 0.457 e. The zero-order valence-electron chi connectivity index (χ0n) is 17.7. The summed E-state index contributed by atoms with van der Waals surface area (Å²) in [4.78, 5) is 18.6. The molecule has 156 valence electrons. The molecule has 31 heavy (non-hydrogen) atoms. The predicted octanol–water partition coefficient (Wildman–Crippen LogP) is 5.99. The molecule has 4 aromatic rings. The highest BCUT2D eigenvalue weighted by Crippen LogP contribution is 2.31. The number of rotatable bonds is 5. The van der Waals surface area contributed by atoms with Gasteiger partial charge in [0.25, 0.3) is 0 Å². The number of aromatic nitrogens is 1. The number of ether oxygens (including phenoxy) is 1. The third-order valence-corrected chi connectivity index (χ3v) is 5.41. The molecular weight excluding hydrogens is 391 g/mol. The van der Waals surface area contributed by atoms with E-state index in [9.17, 15) is 9.18 Å². The lowest BCUT2D eigenvalue weighted by Crippen LogP contribution is -2.27. The summed E-state index contributed by atoms with van der Waals surface area (Å²) in [5.41, 5.74) is 4.79. The van der Waals surface area contributed by atoms with Crippen LogP contribution < -0.4 is 9.64 Å². The number of aryl methyl sites for hydroxylation is 2. The summed E-state index contributed by atoms with van der Waals surface area (Å²) in [7, 11) is 1.73. The van der Waals surface area contributed by atoms with Gasteiger partial charge in [0, 0.05) is 24.3 Å². The molecule has 3 aromatic carbocycles. The number of carbonyl (C=O) groups is 1. The summed E-state index contributed by atoms with van der Waals surface area (Å²) in [5, 5.41) is 0.960. The fourth-order valence-electron chi connectivity index (χ4n) is 3.37. The summed E-state index contributed by atoms with van der Waals surface area (Å²) in [6.07, 6.45) is 1.94. The molecule has 1 aromatic heterocycles. The smallest absolute Gasteiger partial charge is 0.231 e. The fraction of sp³-hybridized carbons (Fsp3) is 0.154. The van der Waals surface area contributed by atoms with Gasteiger partial charge >= 0.3 is 0 Å². The summed E-state index contributed by atoms with van der Waals surface area (Å²) in [5.74, 6) is 1.02. The van der Waals surface area contributed by atoms with Crippen molar-refractivity contribution in [3.63, 3.8) is 0 Å². The lowest BCUT2D eigenvalue weighted by atomic mass is 10.1. The molecule has 0 fully saturated rings. The highest BCUT2D eigenvalue weighted by molar-refractivity contribution is 5.94. The first-order valence-electron chi connectivity index (χ1n) is 10.1. The van der Waals surface area contributed by atoms with Crippen LogP contribution in [0.3, 0.4) is 0 Å². The molecule has 0 aliphatic heterocycles. The van der Waals surface area contributed by atoms with Crippen molar-refractivity contribution < 1.29 is 13.9 Å².